The molecule has 4 amide bonds. The highest BCUT2D eigenvalue weighted by molar-refractivity contribution is 5.96. The third-order valence-electron chi connectivity index (χ3n) is 4.12. The third-order valence-corrected chi connectivity index (χ3v) is 4.12. The van der Waals surface area contributed by atoms with Gasteiger partial charge in [0.15, 0.2) is 0 Å². The molecule has 1 aromatic rings. The smallest absolute Gasteiger partial charge is 0.326 e. The number of amides is 4. The largest absolute Gasteiger partial charge is 0.481 e. The molecule has 176 valence electrons. The Kier molecular flexibility index (Phi) is 9.75. The van der Waals surface area contributed by atoms with E-state index in [1.54, 1.807) is 0 Å². The average molecular weight is 455 g/mol. The highest BCUT2D eigenvalue weighted by Gasteiger charge is 2.30. The van der Waals surface area contributed by atoms with Gasteiger partial charge in [-0.15, -0.1) is 0 Å². The number of primary amides is 1. The number of carboxylic acids is 2. The fourth-order valence-electron chi connectivity index (χ4n) is 2.47. The molecule has 0 radical (unpaired) electrons. The Morgan fingerprint density at radius 2 is 1.62 bits per heavy atom. The molecule has 32 heavy (non-hydrogen) atoms. The number of hydrogen-bond acceptors (Lipinski definition) is 8. The highest BCUT2D eigenvalue weighted by Crippen LogP contribution is 2.01. The summed E-state index contributed by atoms with van der Waals surface area (Å²) >= 11 is 0. The lowest BCUT2D eigenvalue weighted by Gasteiger charge is -2.22. The molecule has 0 aromatic carbocycles. The van der Waals surface area contributed by atoms with Gasteiger partial charge in [-0.3, -0.25) is 24.0 Å². The minimum Gasteiger partial charge on any atom is -0.481 e. The maximum absolute atomic E-state index is 12.4. The Hall–Kier alpha value is -4.01. The van der Waals surface area contributed by atoms with Crippen molar-refractivity contribution in [3.63, 3.8) is 0 Å². The molecule has 0 aliphatic heterocycles. The second kappa shape index (κ2) is 12.0. The van der Waals surface area contributed by atoms with Crippen molar-refractivity contribution in [2.24, 2.45) is 11.5 Å². The predicted octanol–water partition coefficient (Wildman–Crippen LogP) is -3.81. The first kappa shape index (κ1) is 26.0. The van der Waals surface area contributed by atoms with Gasteiger partial charge in [0.05, 0.1) is 25.2 Å². The molecule has 1 heterocycles. The van der Waals surface area contributed by atoms with Gasteiger partial charge < -0.3 is 42.6 Å². The standard InChI is InChI=1S/C17H25N7O8/c1-7(14(28)24-11(17(31)32)3-12(19)25)22-16(30)10(4-13(26)27)23-15(29)9(18)2-8-5-20-6-21-8/h5-7,9-11H,2-4,18H2,1H3,(H2,19,25)(H,20,21)(H,22,30)(H,23,29)(H,24,28)(H,26,27)(H,31,32). The van der Waals surface area contributed by atoms with Gasteiger partial charge in [-0.25, -0.2) is 9.78 Å². The second-order valence-corrected chi connectivity index (χ2v) is 6.85. The number of aromatic nitrogens is 2. The molecule has 0 spiro atoms. The monoisotopic (exact) mass is 455 g/mol. The van der Waals surface area contributed by atoms with E-state index in [-0.39, 0.29) is 6.42 Å². The van der Waals surface area contributed by atoms with Crippen LogP contribution in [0.25, 0.3) is 0 Å². The number of aliphatic carboxylic acids is 2. The van der Waals surface area contributed by atoms with Crippen LogP contribution in [0.2, 0.25) is 0 Å². The van der Waals surface area contributed by atoms with Crippen LogP contribution in [0, 0.1) is 0 Å². The molecule has 15 heteroatoms. The summed E-state index contributed by atoms with van der Waals surface area (Å²) in [7, 11) is 0. The molecular formula is C17H25N7O8. The van der Waals surface area contributed by atoms with E-state index < -0.39 is 72.6 Å². The molecule has 0 saturated carbocycles. The Bertz CT molecular complexity index is 857. The summed E-state index contributed by atoms with van der Waals surface area (Å²) in [6.45, 7) is 1.19. The first-order valence-electron chi connectivity index (χ1n) is 9.27. The van der Waals surface area contributed by atoms with Gasteiger partial charge in [0.25, 0.3) is 0 Å². The van der Waals surface area contributed by atoms with Crippen LogP contribution < -0.4 is 27.4 Å². The second-order valence-electron chi connectivity index (χ2n) is 6.85. The van der Waals surface area contributed by atoms with Crippen LogP contribution in [0.1, 0.15) is 25.5 Å². The normalized spacial score (nSPS) is 14.3. The highest BCUT2D eigenvalue weighted by atomic mass is 16.4. The van der Waals surface area contributed by atoms with Crippen LogP contribution in [-0.4, -0.2) is 79.9 Å². The number of H-pyrrole nitrogens is 1. The number of rotatable bonds is 13. The fraction of sp³-hybridized carbons (Fsp3) is 0.471. The number of nitrogens with zero attached hydrogens (tertiary/aromatic N) is 1. The van der Waals surface area contributed by atoms with E-state index in [1.807, 2.05) is 5.32 Å². The number of imidazole rings is 1. The maximum atomic E-state index is 12.4. The summed E-state index contributed by atoms with van der Waals surface area (Å²) in [6.07, 6.45) is 1.39. The number of carbonyl (C=O) groups excluding carboxylic acids is 4. The lowest BCUT2D eigenvalue weighted by molar-refractivity contribution is -0.144. The number of hydrogen-bond donors (Lipinski definition) is 8. The zero-order valence-corrected chi connectivity index (χ0v) is 17.0. The summed E-state index contributed by atoms with van der Waals surface area (Å²) in [6, 6.07) is -5.63. The first-order valence-corrected chi connectivity index (χ1v) is 9.27. The van der Waals surface area contributed by atoms with Crippen molar-refractivity contribution in [1.82, 2.24) is 25.9 Å². The van der Waals surface area contributed by atoms with E-state index in [0.717, 1.165) is 0 Å². The first-order chi connectivity index (χ1) is 14.9. The van der Waals surface area contributed by atoms with Crippen LogP contribution in [0.5, 0.6) is 0 Å². The van der Waals surface area contributed by atoms with Gasteiger partial charge in [0.2, 0.25) is 23.6 Å². The molecule has 10 N–H and O–H groups in total. The topological polar surface area (TPSA) is 260 Å². The predicted molar refractivity (Wildman–Crippen MR) is 105 cm³/mol. The van der Waals surface area contributed by atoms with Crippen LogP contribution in [-0.2, 0) is 35.2 Å². The average Bonchev–Trinajstić information content (AvgIpc) is 3.18. The minimum absolute atomic E-state index is 0.0441. The van der Waals surface area contributed by atoms with Gasteiger partial charge in [0, 0.05) is 18.3 Å². The minimum atomic E-state index is -1.62. The molecule has 0 aliphatic rings. The molecule has 15 nitrogen and oxygen atoms in total. The zero-order valence-electron chi connectivity index (χ0n) is 17.0. The molecule has 1 rings (SSSR count). The summed E-state index contributed by atoms with van der Waals surface area (Å²) in [5.41, 5.74) is 11.2. The molecule has 0 aliphatic carbocycles. The van der Waals surface area contributed by atoms with Crippen molar-refractivity contribution in [2.45, 2.75) is 50.4 Å². The molecule has 0 saturated heterocycles. The van der Waals surface area contributed by atoms with E-state index in [0.29, 0.717) is 5.69 Å². The van der Waals surface area contributed by atoms with Crippen LogP contribution in [0.3, 0.4) is 0 Å². The summed E-state index contributed by atoms with van der Waals surface area (Å²) in [4.78, 5) is 76.5. The number of carbonyl (C=O) groups is 6. The SMILES string of the molecule is CC(NC(=O)C(CC(=O)O)NC(=O)C(N)Cc1cnc[nH]1)C(=O)NC(CC(N)=O)C(=O)O. The van der Waals surface area contributed by atoms with E-state index in [4.69, 9.17) is 21.7 Å². The van der Waals surface area contributed by atoms with Crippen molar-refractivity contribution >= 4 is 35.6 Å². The number of carboxylic acid groups (broad SMARTS) is 2. The Morgan fingerprint density at radius 3 is 2.12 bits per heavy atom. The lowest BCUT2D eigenvalue weighted by atomic mass is 10.1. The van der Waals surface area contributed by atoms with Crippen LogP contribution >= 0.6 is 0 Å². The number of nitrogens with one attached hydrogen (secondary N) is 4. The van der Waals surface area contributed by atoms with Crippen molar-refractivity contribution in [3.05, 3.63) is 18.2 Å². The lowest BCUT2D eigenvalue weighted by Crippen LogP contribution is -2.57. The number of nitrogens with two attached hydrogens (primary N) is 2. The molecule has 0 fully saturated rings. The van der Waals surface area contributed by atoms with Crippen molar-refractivity contribution in [2.75, 3.05) is 0 Å². The maximum Gasteiger partial charge on any atom is 0.326 e. The molecule has 1 aromatic heterocycles. The van der Waals surface area contributed by atoms with Gasteiger partial charge in [0.1, 0.15) is 18.1 Å². The zero-order chi connectivity index (χ0) is 24.4. The van der Waals surface area contributed by atoms with Crippen LogP contribution in [0.15, 0.2) is 12.5 Å². The quantitative estimate of drug-likeness (QED) is 0.144. The van der Waals surface area contributed by atoms with Crippen LogP contribution in [0.4, 0.5) is 0 Å². The van der Waals surface area contributed by atoms with Gasteiger partial charge in [-0.2, -0.15) is 0 Å². The summed E-state index contributed by atoms with van der Waals surface area (Å²) in [5.74, 6) is -6.69. The Morgan fingerprint density at radius 1 is 1.00 bits per heavy atom. The number of aromatic amines is 1. The van der Waals surface area contributed by atoms with Crippen molar-refractivity contribution in [3.8, 4) is 0 Å². The van der Waals surface area contributed by atoms with Gasteiger partial charge in [-0.1, -0.05) is 0 Å². The summed E-state index contributed by atoms with van der Waals surface area (Å²) < 4.78 is 0. The third kappa shape index (κ3) is 8.78. The van der Waals surface area contributed by atoms with E-state index >= 15 is 0 Å². The Labute approximate surface area is 181 Å². The summed E-state index contributed by atoms with van der Waals surface area (Å²) in [5, 5.41) is 24.5. The van der Waals surface area contributed by atoms with Gasteiger partial charge >= 0.3 is 11.9 Å². The molecular weight excluding hydrogens is 430 g/mol. The van der Waals surface area contributed by atoms with E-state index in [2.05, 4.69) is 20.6 Å². The van der Waals surface area contributed by atoms with Crippen molar-refractivity contribution < 1.29 is 39.0 Å². The fourth-order valence-corrected chi connectivity index (χ4v) is 2.47. The molecule has 0 bridgehead atoms. The Balaban J connectivity index is 2.76. The van der Waals surface area contributed by atoms with Crippen molar-refractivity contribution in [1.29, 1.82) is 0 Å². The molecule has 4 atom stereocenters. The van der Waals surface area contributed by atoms with E-state index in [9.17, 15) is 28.8 Å². The van der Waals surface area contributed by atoms with Gasteiger partial charge in [-0.05, 0) is 6.92 Å². The molecule has 4 unspecified atom stereocenters. The van der Waals surface area contributed by atoms with E-state index in [1.165, 1.54) is 19.4 Å².